The predicted molar refractivity (Wildman–Crippen MR) is 131 cm³/mol. The van der Waals surface area contributed by atoms with Gasteiger partial charge >= 0.3 is 103 Å². The zero-order valence-corrected chi connectivity index (χ0v) is 30.6. The Morgan fingerprint density at radius 3 is 1.14 bits per heavy atom. The number of hydrogen-bond donors (Lipinski definition) is 1. The van der Waals surface area contributed by atoms with Crippen molar-refractivity contribution in [3.8, 4) is 0 Å². The molecule has 0 heterocycles. The summed E-state index contributed by atoms with van der Waals surface area (Å²) in [6.45, 7) is 4.31. The molecule has 36 heavy (non-hydrogen) atoms. The molecule has 7 nitrogen and oxygen atoms in total. The second kappa shape index (κ2) is 26.0. The van der Waals surface area contributed by atoms with Crippen molar-refractivity contribution in [3.05, 3.63) is 0 Å². The van der Waals surface area contributed by atoms with Crippen LogP contribution in [0.1, 0.15) is 142 Å². The molecule has 0 spiro atoms. The Hall–Kier alpha value is 2.12. The van der Waals surface area contributed by atoms with Crippen LogP contribution in [-0.4, -0.2) is 30.2 Å². The Labute approximate surface area is 305 Å². The number of carboxylic acid groups (broad SMARTS) is 2. The number of aliphatic carboxylic acids is 2. The predicted octanol–water partition coefficient (Wildman–Crippen LogP) is -1.42. The topological polar surface area (TPSA) is 135 Å². The van der Waals surface area contributed by atoms with E-state index in [1.54, 1.807) is 0 Å². The van der Waals surface area contributed by atoms with Crippen molar-refractivity contribution in [2.75, 3.05) is 0 Å². The van der Waals surface area contributed by atoms with Crippen LogP contribution in [0, 0.1) is 5.41 Å². The molecule has 0 radical (unpaired) electrons. The van der Waals surface area contributed by atoms with Gasteiger partial charge in [0, 0.05) is 11.4 Å². The SMILES string of the molecule is CCCCCCCCCCCC(CCCCCCCCCCC)(C(=O)[O-])C(C(=O)[O-])S(=O)(=O)O.[K+].[K+]. The summed E-state index contributed by atoms with van der Waals surface area (Å²) >= 11 is 0. The van der Waals surface area contributed by atoms with Gasteiger partial charge in [0.1, 0.15) is 5.25 Å². The number of carboxylic acids is 2. The fourth-order valence-corrected chi connectivity index (χ4v) is 5.98. The van der Waals surface area contributed by atoms with Gasteiger partial charge in [0.2, 0.25) is 0 Å². The van der Waals surface area contributed by atoms with Gasteiger partial charge in [-0.3, -0.25) is 4.55 Å². The monoisotopic (exact) mass is 582 g/mol. The maximum absolute atomic E-state index is 12.2. The molecule has 0 bridgehead atoms. The average Bonchev–Trinajstić information content (AvgIpc) is 2.75. The zero-order valence-electron chi connectivity index (χ0n) is 23.5. The van der Waals surface area contributed by atoms with Gasteiger partial charge in [-0.15, -0.1) is 0 Å². The Morgan fingerprint density at radius 1 is 0.639 bits per heavy atom. The molecule has 0 aliphatic heterocycles. The van der Waals surface area contributed by atoms with Crippen molar-refractivity contribution < 1.29 is 136 Å². The molecule has 1 atom stereocenters. The van der Waals surface area contributed by atoms with Gasteiger partial charge in [-0.05, 0) is 12.8 Å². The summed E-state index contributed by atoms with van der Waals surface area (Å²) in [7, 11) is -5.17. The minimum absolute atomic E-state index is 0. The maximum atomic E-state index is 12.2. The number of hydrogen-bond acceptors (Lipinski definition) is 6. The van der Waals surface area contributed by atoms with E-state index in [2.05, 4.69) is 13.8 Å². The third-order valence-electron chi connectivity index (χ3n) is 6.87. The number of unbranched alkanes of at least 4 members (excludes halogenated alkanes) is 16. The molecule has 10 heteroatoms. The van der Waals surface area contributed by atoms with Crippen molar-refractivity contribution in [2.24, 2.45) is 5.41 Å². The molecule has 202 valence electrons. The first kappa shape index (κ1) is 42.6. The normalized spacial score (nSPS) is 12.4. The first-order valence-electron chi connectivity index (χ1n) is 13.5. The van der Waals surface area contributed by atoms with E-state index in [0.29, 0.717) is 25.7 Å². The van der Waals surface area contributed by atoms with Crippen LogP contribution in [0.2, 0.25) is 0 Å². The maximum Gasteiger partial charge on any atom is 1.00 e. The quantitative estimate of drug-likeness (QED) is 0.0838. The van der Waals surface area contributed by atoms with Gasteiger partial charge in [0.25, 0.3) is 10.1 Å². The van der Waals surface area contributed by atoms with Gasteiger partial charge in [-0.1, -0.05) is 129 Å². The molecule has 0 aromatic rings. The van der Waals surface area contributed by atoms with Crippen molar-refractivity contribution in [3.63, 3.8) is 0 Å². The van der Waals surface area contributed by atoms with Gasteiger partial charge < -0.3 is 19.8 Å². The number of carbonyl (C=O) groups is 2. The minimum Gasteiger partial charge on any atom is -0.549 e. The summed E-state index contributed by atoms with van der Waals surface area (Å²) in [5.41, 5.74) is -2.19. The largest absolute Gasteiger partial charge is 1.00 e. The summed E-state index contributed by atoms with van der Waals surface area (Å²) in [6.07, 6.45) is 17.2. The minimum atomic E-state index is -5.17. The molecule has 0 aromatic heterocycles. The third kappa shape index (κ3) is 19.2. The number of rotatable bonds is 24. The van der Waals surface area contributed by atoms with Crippen molar-refractivity contribution in [1.82, 2.24) is 0 Å². The standard InChI is InChI=1S/C26H50O7S.2K/c1-3-5-7-9-11-13-15-17-19-21-26(25(29)30,23(24(27)28)34(31,32)33)22-20-18-16-14-12-10-8-6-4-2;;/h23H,3-22H2,1-2H3,(H,27,28)(H,29,30)(H,31,32,33);;/q;2*+1/p-2. The molecular weight excluding hydrogens is 535 g/mol. The molecule has 0 aromatic carbocycles. The van der Waals surface area contributed by atoms with Gasteiger partial charge in [-0.2, -0.15) is 8.42 Å². The first-order valence-corrected chi connectivity index (χ1v) is 15.0. The van der Waals surface area contributed by atoms with E-state index < -0.39 is 32.7 Å². The van der Waals surface area contributed by atoms with E-state index in [4.69, 9.17) is 0 Å². The Bertz CT molecular complexity index is 635. The van der Waals surface area contributed by atoms with Gasteiger partial charge in [0.05, 0.1) is 5.97 Å². The molecule has 0 saturated carbocycles. The molecule has 0 aliphatic carbocycles. The third-order valence-corrected chi connectivity index (χ3v) is 8.11. The van der Waals surface area contributed by atoms with Crippen LogP contribution in [-0.2, 0) is 19.7 Å². The van der Waals surface area contributed by atoms with Gasteiger partial charge in [0.15, 0.2) is 0 Å². The molecule has 0 aliphatic rings. The summed E-state index contributed by atoms with van der Waals surface area (Å²) in [4.78, 5) is 23.8. The summed E-state index contributed by atoms with van der Waals surface area (Å²) < 4.78 is 33.4. The smallest absolute Gasteiger partial charge is 0.549 e. The average molecular weight is 583 g/mol. The van der Waals surface area contributed by atoms with Crippen molar-refractivity contribution in [2.45, 2.75) is 148 Å². The van der Waals surface area contributed by atoms with E-state index in [9.17, 15) is 32.8 Å². The molecule has 1 unspecified atom stereocenters. The second-order valence-electron chi connectivity index (χ2n) is 9.81. The van der Waals surface area contributed by atoms with Crippen LogP contribution in [0.3, 0.4) is 0 Å². The summed E-state index contributed by atoms with van der Waals surface area (Å²) in [5.74, 6) is -3.82. The molecule has 1 N–H and O–H groups in total. The van der Waals surface area contributed by atoms with Crippen LogP contribution in [0.5, 0.6) is 0 Å². The van der Waals surface area contributed by atoms with Gasteiger partial charge in [-0.25, -0.2) is 0 Å². The van der Waals surface area contributed by atoms with E-state index in [1.165, 1.54) is 38.5 Å². The fourth-order valence-electron chi connectivity index (χ4n) is 4.83. The van der Waals surface area contributed by atoms with E-state index in [0.717, 1.165) is 51.4 Å². The van der Waals surface area contributed by atoms with Crippen LogP contribution in [0.25, 0.3) is 0 Å². The van der Waals surface area contributed by atoms with E-state index in [-0.39, 0.29) is 116 Å². The van der Waals surface area contributed by atoms with Crippen molar-refractivity contribution >= 4 is 22.1 Å². The van der Waals surface area contributed by atoms with Crippen molar-refractivity contribution in [1.29, 1.82) is 0 Å². The Morgan fingerprint density at radius 2 is 0.917 bits per heavy atom. The molecular formula is C26H48K2O7S. The Kier molecular flexibility index (Phi) is 30.8. The van der Waals surface area contributed by atoms with Crippen LogP contribution in [0.15, 0.2) is 0 Å². The zero-order chi connectivity index (χ0) is 25.9. The molecule has 0 fully saturated rings. The van der Waals surface area contributed by atoms with Crippen LogP contribution in [0.4, 0.5) is 0 Å². The molecule has 0 amide bonds. The molecule has 0 rings (SSSR count). The summed E-state index contributed by atoms with van der Waals surface area (Å²) in [5, 5.41) is 21.3. The van der Waals surface area contributed by atoms with E-state index in [1.807, 2.05) is 0 Å². The van der Waals surface area contributed by atoms with Crippen LogP contribution < -0.4 is 113 Å². The first-order chi connectivity index (χ1) is 16.1. The van der Waals surface area contributed by atoms with Crippen LogP contribution >= 0.6 is 0 Å². The Balaban J connectivity index is -0.00000544. The second-order valence-corrected chi connectivity index (χ2v) is 11.3. The fraction of sp³-hybridized carbons (Fsp3) is 0.923. The molecule has 0 saturated heterocycles. The van der Waals surface area contributed by atoms with E-state index >= 15 is 0 Å². The number of carbonyl (C=O) groups excluding carboxylic acids is 2. The summed E-state index contributed by atoms with van der Waals surface area (Å²) in [6, 6.07) is 0.